The normalized spacial score (nSPS) is 10.6. The number of rotatable bonds is 6. The lowest BCUT2D eigenvalue weighted by atomic mass is 9.99. The molecule has 0 fully saturated rings. The van der Waals surface area contributed by atoms with Gasteiger partial charge in [-0.2, -0.15) is 0 Å². The van der Waals surface area contributed by atoms with Crippen LogP contribution in [-0.4, -0.2) is 25.0 Å². The highest BCUT2D eigenvalue weighted by atomic mass is 16.5. The lowest BCUT2D eigenvalue weighted by molar-refractivity contribution is 0.103. The Morgan fingerprint density at radius 3 is 2.23 bits per heavy atom. The van der Waals surface area contributed by atoms with Gasteiger partial charge in [-0.15, -0.1) is 0 Å². The Hall–Kier alpha value is -3.86. The Kier molecular flexibility index (Phi) is 5.35. The van der Waals surface area contributed by atoms with Gasteiger partial charge in [0, 0.05) is 28.8 Å². The van der Waals surface area contributed by atoms with Crippen LogP contribution in [0, 0.1) is 6.92 Å². The lowest BCUT2D eigenvalue weighted by Crippen LogP contribution is -2.03. The average Bonchev–Trinajstić information content (AvgIpc) is 2.78. The first-order chi connectivity index (χ1) is 14.6. The fraction of sp³-hybridized carbons (Fsp3) is 0.120. The predicted octanol–water partition coefficient (Wildman–Crippen LogP) is 5.58. The summed E-state index contributed by atoms with van der Waals surface area (Å²) in [4.78, 5) is 17.2. The largest absolute Gasteiger partial charge is 0.493 e. The fourth-order valence-corrected chi connectivity index (χ4v) is 3.32. The monoisotopic (exact) mass is 399 g/mol. The van der Waals surface area contributed by atoms with E-state index in [9.17, 15) is 4.79 Å². The highest BCUT2D eigenvalue weighted by Gasteiger charge is 2.13. The van der Waals surface area contributed by atoms with E-state index in [1.807, 2.05) is 43.3 Å². The van der Waals surface area contributed by atoms with Crippen molar-refractivity contribution in [3.05, 3.63) is 89.6 Å². The summed E-state index contributed by atoms with van der Waals surface area (Å²) in [5.41, 5.74) is 3.00. The minimum atomic E-state index is -0.00848. The fourth-order valence-electron chi connectivity index (χ4n) is 3.32. The summed E-state index contributed by atoms with van der Waals surface area (Å²) in [5, 5.41) is 0.801. The number of carbonyl (C=O) groups is 1. The van der Waals surface area contributed by atoms with Crippen molar-refractivity contribution in [2.24, 2.45) is 0 Å². The van der Waals surface area contributed by atoms with Gasteiger partial charge in [0.2, 0.25) is 0 Å². The Morgan fingerprint density at radius 1 is 0.833 bits per heavy atom. The van der Waals surface area contributed by atoms with Crippen LogP contribution < -0.4 is 14.2 Å². The van der Waals surface area contributed by atoms with Crippen molar-refractivity contribution >= 4 is 16.7 Å². The summed E-state index contributed by atoms with van der Waals surface area (Å²) in [5.74, 6) is 2.46. The molecule has 0 spiro atoms. The number of methoxy groups -OCH3 is 2. The van der Waals surface area contributed by atoms with Crippen molar-refractivity contribution in [2.45, 2.75) is 6.92 Å². The summed E-state index contributed by atoms with van der Waals surface area (Å²) >= 11 is 0. The summed E-state index contributed by atoms with van der Waals surface area (Å²) in [7, 11) is 3.18. The molecule has 0 atom stereocenters. The number of ether oxygens (including phenoxy) is 3. The SMILES string of the molecule is COc1cc2nccc(Oc3ccc(C(=O)c4ccccc4C)cc3)c2cc1OC. The number of hydrogen-bond donors (Lipinski definition) is 0. The van der Waals surface area contributed by atoms with Crippen LogP contribution in [0.1, 0.15) is 21.5 Å². The second-order valence-corrected chi connectivity index (χ2v) is 6.80. The first kappa shape index (κ1) is 19.5. The number of ketones is 1. The van der Waals surface area contributed by atoms with E-state index >= 15 is 0 Å². The first-order valence-corrected chi connectivity index (χ1v) is 9.49. The molecule has 0 aliphatic rings. The molecule has 5 heteroatoms. The smallest absolute Gasteiger partial charge is 0.193 e. The molecule has 0 N–H and O–H groups in total. The minimum absolute atomic E-state index is 0.00848. The van der Waals surface area contributed by atoms with Crippen LogP contribution in [0.4, 0.5) is 0 Å². The summed E-state index contributed by atoms with van der Waals surface area (Å²) < 4.78 is 16.8. The van der Waals surface area contributed by atoms with E-state index in [2.05, 4.69) is 4.98 Å². The van der Waals surface area contributed by atoms with Gasteiger partial charge in [0.25, 0.3) is 0 Å². The molecule has 3 aromatic carbocycles. The molecule has 1 heterocycles. The quantitative estimate of drug-likeness (QED) is 0.396. The molecule has 5 nitrogen and oxygen atoms in total. The molecule has 0 saturated carbocycles. The number of aryl methyl sites for hydroxylation is 1. The van der Waals surface area contributed by atoms with E-state index in [0.29, 0.717) is 34.1 Å². The Bertz CT molecular complexity index is 1220. The third-order valence-electron chi connectivity index (χ3n) is 4.94. The maximum absolute atomic E-state index is 12.8. The zero-order chi connectivity index (χ0) is 21.1. The third kappa shape index (κ3) is 3.70. The van der Waals surface area contributed by atoms with E-state index in [1.54, 1.807) is 50.7 Å². The summed E-state index contributed by atoms with van der Waals surface area (Å²) in [6.07, 6.45) is 1.68. The Morgan fingerprint density at radius 2 is 1.53 bits per heavy atom. The predicted molar refractivity (Wildman–Crippen MR) is 116 cm³/mol. The topological polar surface area (TPSA) is 57.7 Å². The van der Waals surface area contributed by atoms with Gasteiger partial charge in [0.1, 0.15) is 11.5 Å². The second kappa shape index (κ2) is 8.25. The molecular formula is C25H21NO4. The van der Waals surface area contributed by atoms with Crippen molar-refractivity contribution in [3.63, 3.8) is 0 Å². The molecule has 0 saturated heterocycles. The van der Waals surface area contributed by atoms with Gasteiger partial charge >= 0.3 is 0 Å². The van der Waals surface area contributed by atoms with E-state index in [1.165, 1.54) is 0 Å². The molecule has 0 unspecified atom stereocenters. The van der Waals surface area contributed by atoms with Crippen molar-refractivity contribution in [3.8, 4) is 23.0 Å². The number of pyridine rings is 1. The van der Waals surface area contributed by atoms with Gasteiger partial charge in [0.05, 0.1) is 19.7 Å². The standard InChI is InChI=1S/C25H21NO4/c1-16-6-4-5-7-19(16)25(27)17-8-10-18(11-9-17)30-22-12-13-26-21-15-24(29-3)23(28-2)14-20(21)22/h4-15H,1-3H3. The second-order valence-electron chi connectivity index (χ2n) is 6.80. The van der Waals surface area contributed by atoms with Crippen molar-refractivity contribution in [2.75, 3.05) is 14.2 Å². The van der Waals surface area contributed by atoms with Crippen LogP contribution in [-0.2, 0) is 0 Å². The molecule has 0 bridgehead atoms. The average molecular weight is 399 g/mol. The van der Waals surface area contributed by atoms with Crippen LogP contribution in [0.3, 0.4) is 0 Å². The number of benzene rings is 3. The molecule has 4 aromatic rings. The number of nitrogens with zero attached hydrogens (tertiary/aromatic N) is 1. The number of hydrogen-bond acceptors (Lipinski definition) is 5. The number of aromatic nitrogens is 1. The molecule has 0 radical (unpaired) electrons. The zero-order valence-corrected chi connectivity index (χ0v) is 17.0. The van der Waals surface area contributed by atoms with Gasteiger partial charge in [-0.25, -0.2) is 0 Å². The molecular weight excluding hydrogens is 378 g/mol. The maximum atomic E-state index is 12.8. The van der Waals surface area contributed by atoms with Crippen LogP contribution in [0.15, 0.2) is 72.9 Å². The van der Waals surface area contributed by atoms with Crippen LogP contribution >= 0.6 is 0 Å². The zero-order valence-electron chi connectivity index (χ0n) is 17.0. The van der Waals surface area contributed by atoms with Crippen molar-refractivity contribution in [1.29, 1.82) is 0 Å². The molecule has 150 valence electrons. The number of fused-ring (bicyclic) bond motifs is 1. The molecule has 4 rings (SSSR count). The summed E-state index contributed by atoms with van der Waals surface area (Å²) in [6, 6.07) is 20.1. The first-order valence-electron chi connectivity index (χ1n) is 9.49. The van der Waals surface area contributed by atoms with Crippen LogP contribution in [0.5, 0.6) is 23.0 Å². The third-order valence-corrected chi connectivity index (χ3v) is 4.94. The van der Waals surface area contributed by atoms with E-state index in [-0.39, 0.29) is 5.78 Å². The van der Waals surface area contributed by atoms with Gasteiger partial charge in [0.15, 0.2) is 17.3 Å². The Balaban J connectivity index is 1.63. The van der Waals surface area contributed by atoms with E-state index in [0.717, 1.165) is 16.5 Å². The lowest BCUT2D eigenvalue weighted by Gasteiger charge is -2.12. The van der Waals surface area contributed by atoms with Crippen molar-refractivity contribution < 1.29 is 19.0 Å². The van der Waals surface area contributed by atoms with Gasteiger partial charge in [-0.05, 0) is 48.9 Å². The molecule has 0 amide bonds. The van der Waals surface area contributed by atoms with Gasteiger partial charge < -0.3 is 14.2 Å². The summed E-state index contributed by atoms with van der Waals surface area (Å²) in [6.45, 7) is 1.93. The van der Waals surface area contributed by atoms with E-state index < -0.39 is 0 Å². The highest BCUT2D eigenvalue weighted by molar-refractivity contribution is 6.09. The van der Waals surface area contributed by atoms with Crippen LogP contribution in [0.2, 0.25) is 0 Å². The van der Waals surface area contributed by atoms with Crippen LogP contribution in [0.25, 0.3) is 10.9 Å². The molecule has 1 aromatic heterocycles. The van der Waals surface area contributed by atoms with Crippen molar-refractivity contribution in [1.82, 2.24) is 4.98 Å². The van der Waals surface area contributed by atoms with Gasteiger partial charge in [-0.3, -0.25) is 9.78 Å². The Labute approximate surface area is 174 Å². The molecule has 0 aliphatic carbocycles. The number of carbonyl (C=O) groups excluding carboxylic acids is 1. The maximum Gasteiger partial charge on any atom is 0.193 e. The van der Waals surface area contributed by atoms with E-state index in [4.69, 9.17) is 14.2 Å². The molecule has 30 heavy (non-hydrogen) atoms. The van der Waals surface area contributed by atoms with Gasteiger partial charge in [-0.1, -0.05) is 24.3 Å². The highest BCUT2D eigenvalue weighted by Crippen LogP contribution is 2.36. The minimum Gasteiger partial charge on any atom is -0.493 e. The molecule has 0 aliphatic heterocycles.